The number of pyridine rings is 1. The van der Waals surface area contributed by atoms with Gasteiger partial charge in [-0.05, 0) is 6.07 Å². The van der Waals surface area contributed by atoms with Gasteiger partial charge in [-0.25, -0.2) is 18.2 Å². The highest BCUT2D eigenvalue weighted by molar-refractivity contribution is 6.34. The lowest BCUT2D eigenvalue weighted by atomic mass is 10.2. The summed E-state index contributed by atoms with van der Waals surface area (Å²) >= 11 is 5.76. The first-order chi connectivity index (χ1) is 9.38. The van der Waals surface area contributed by atoms with Crippen LogP contribution in [0.3, 0.4) is 0 Å². The Morgan fingerprint density at radius 2 is 1.80 bits per heavy atom. The van der Waals surface area contributed by atoms with Crippen molar-refractivity contribution in [3.63, 3.8) is 0 Å². The monoisotopic (exact) mass is 301 g/mol. The molecule has 1 heterocycles. The van der Waals surface area contributed by atoms with Gasteiger partial charge in [0, 0.05) is 24.0 Å². The average molecular weight is 302 g/mol. The first-order valence-corrected chi connectivity index (χ1v) is 5.63. The molecular formula is C12H7ClF3N3O. The molecule has 1 amide bonds. The van der Waals surface area contributed by atoms with Crippen LogP contribution in [0.1, 0.15) is 10.4 Å². The van der Waals surface area contributed by atoms with Gasteiger partial charge in [0.05, 0.1) is 10.6 Å². The number of hydrogen-bond acceptors (Lipinski definition) is 3. The van der Waals surface area contributed by atoms with Crippen molar-refractivity contribution < 1.29 is 18.0 Å². The number of carbonyl (C=O) groups is 1. The summed E-state index contributed by atoms with van der Waals surface area (Å²) in [6.45, 7) is 0. The van der Waals surface area contributed by atoms with E-state index in [1.165, 1.54) is 6.07 Å². The number of benzene rings is 1. The Bertz CT molecular complexity index is 671. The van der Waals surface area contributed by atoms with Crippen molar-refractivity contribution >= 4 is 29.0 Å². The number of amides is 1. The number of nitrogens with two attached hydrogens (primary N) is 1. The van der Waals surface area contributed by atoms with Crippen LogP contribution in [0.25, 0.3) is 0 Å². The second kappa shape index (κ2) is 5.38. The molecule has 8 heteroatoms. The highest BCUT2D eigenvalue weighted by atomic mass is 35.5. The van der Waals surface area contributed by atoms with Gasteiger partial charge in [-0.15, -0.1) is 0 Å². The van der Waals surface area contributed by atoms with E-state index in [0.717, 1.165) is 6.20 Å². The van der Waals surface area contributed by atoms with E-state index < -0.39 is 23.4 Å². The summed E-state index contributed by atoms with van der Waals surface area (Å²) in [4.78, 5) is 15.5. The minimum Gasteiger partial charge on any atom is -0.384 e. The molecule has 1 aromatic heterocycles. The van der Waals surface area contributed by atoms with Gasteiger partial charge >= 0.3 is 0 Å². The fourth-order valence-electron chi connectivity index (χ4n) is 1.45. The number of nitrogens with one attached hydrogen (secondary N) is 1. The molecule has 0 bridgehead atoms. The van der Waals surface area contributed by atoms with Gasteiger partial charge in [0.15, 0.2) is 17.5 Å². The molecule has 0 aliphatic heterocycles. The van der Waals surface area contributed by atoms with Crippen LogP contribution in [0.2, 0.25) is 5.02 Å². The second-order valence-electron chi connectivity index (χ2n) is 3.80. The maximum atomic E-state index is 13.0. The fraction of sp³-hybridized carbons (Fsp3) is 0. The maximum absolute atomic E-state index is 13.0. The molecule has 0 aliphatic rings. The average Bonchev–Trinajstić information content (AvgIpc) is 2.38. The molecule has 4 nitrogen and oxygen atoms in total. The van der Waals surface area contributed by atoms with Crippen LogP contribution in [0, 0.1) is 17.5 Å². The number of nitrogens with zero attached hydrogens (tertiary/aromatic N) is 1. The van der Waals surface area contributed by atoms with E-state index in [1.807, 2.05) is 0 Å². The predicted molar refractivity (Wildman–Crippen MR) is 67.9 cm³/mol. The number of rotatable bonds is 2. The van der Waals surface area contributed by atoms with E-state index >= 15 is 0 Å². The molecule has 0 atom stereocenters. The summed E-state index contributed by atoms with van der Waals surface area (Å²) in [5, 5.41) is 2.20. The van der Waals surface area contributed by atoms with Gasteiger partial charge in [-0.3, -0.25) is 4.79 Å². The van der Waals surface area contributed by atoms with E-state index in [2.05, 4.69) is 10.3 Å². The first-order valence-electron chi connectivity index (χ1n) is 5.25. The van der Waals surface area contributed by atoms with Crippen LogP contribution in [0.4, 0.5) is 24.7 Å². The number of hydrogen-bond donors (Lipinski definition) is 2. The minimum atomic E-state index is -1.62. The van der Waals surface area contributed by atoms with Gasteiger partial charge in [0.1, 0.15) is 5.82 Å². The number of carbonyl (C=O) groups excluding carboxylic acids is 1. The summed E-state index contributed by atoms with van der Waals surface area (Å²) in [6.07, 6.45) is 1.16. The molecule has 0 aliphatic carbocycles. The zero-order chi connectivity index (χ0) is 14.9. The smallest absolute Gasteiger partial charge is 0.257 e. The molecule has 2 rings (SSSR count). The Morgan fingerprint density at radius 3 is 2.40 bits per heavy atom. The standard InChI is InChI=1S/C12H7ClF3N3O/c13-7-4-18-10(17)3-6(7)12(20)19-5-1-8(14)11(16)9(15)2-5/h1-4H,(H2,17,18)(H,19,20). The summed E-state index contributed by atoms with van der Waals surface area (Å²) in [5.74, 6) is -5.15. The highest BCUT2D eigenvalue weighted by Crippen LogP contribution is 2.21. The van der Waals surface area contributed by atoms with Crippen LogP contribution in [0.15, 0.2) is 24.4 Å². The molecule has 0 radical (unpaired) electrons. The van der Waals surface area contributed by atoms with E-state index in [4.69, 9.17) is 17.3 Å². The van der Waals surface area contributed by atoms with Crippen molar-refractivity contribution in [2.45, 2.75) is 0 Å². The van der Waals surface area contributed by atoms with Crippen molar-refractivity contribution in [1.29, 1.82) is 0 Å². The van der Waals surface area contributed by atoms with Crippen molar-refractivity contribution in [2.75, 3.05) is 11.1 Å². The zero-order valence-corrected chi connectivity index (χ0v) is 10.5. The number of anilines is 2. The Kier molecular flexibility index (Phi) is 3.80. The number of halogens is 4. The van der Waals surface area contributed by atoms with E-state index in [-0.39, 0.29) is 22.1 Å². The van der Waals surface area contributed by atoms with Crippen molar-refractivity contribution in [1.82, 2.24) is 4.98 Å². The molecular weight excluding hydrogens is 295 g/mol. The Morgan fingerprint density at radius 1 is 1.20 bits per heavy atom. The summed E-state index contributed by atoms with van der Waals surface area (Å²) in [7, 11) is 0. The molecule has 0 fully saturated rings. The van der Waals surface area contributed by atoms with Crippen LogP contribution in [0.5, 0.6) is 0 Å². The number of aromatic nitrogens is 1. The molecule has 0 unspecified atom stereocenters. The Balaban J connectivity index is 2.30. The normalized spacial score (nSPS) is 10.4. The zero-order valence-electron chi connectivity index (χ0n) is 9.75. The van der Waals surface area contributed by atoms with Gasteiger partial charge in [0.2, 0.25) is 0 Å². The molecule has 0 saturated carbocycles. The van der Waals surface area contributed by atoms with Gasteiger partial charge in [-0.1, -0.05) is 11.6 Å². The Labute approximate surface area is 116 Å². The van der Waals surface area contributed by atoms with Crippen LogP contribution >= 0.6 is 11.6 Å². The third-order valence-corrected chi connectivity index (χ3v) is 2.66. The van der Waals surface area contributed by atoms with Crippen LogP contribution < -0.4 is 11.1 Å². The third-order valence-electron chi connectivity index (χ3n) is 2.36. The van der Waals surface area contributed by atoms with E-state index in [0.29, 0.717) is 12.1 Å². The van der Waals surface area contributed by atoms with Crippen molar-refractivity contribution in [3.8, 4) is 0 Å². The predicted octanol–water partition coefficient (Wildman–Crippen LogP) is 2.99. The van der Waals surface area contributed by atoms with Gasteiger partial charge in [-0.2, -0.15) is 0 Å². The lowest BCUT2D eigenvalue weighted by molar-refractivity contribution is 0.102. The van der Waals surface area contributed by atoms with Crippen LogP contribution in [-0.2, 0) is 0 Å². The van der Waals surface area contributed by atoms with E-state index in [9.17, 15) is 18.0 Å². The summed E-state index contributed by atoms with van der Waals surface area (Å²) < 4.78 is 38.8. The molecule has 3 N–H and O–H groups in total. The summed E-state index contributed by atoms with van der Waals surface area (Å²) in [6, 6.07) is 2.50. The molecule has 104 valence electrons. The highest BCUT2D eigenvalue weighted by Gasteiger charge is 2.15. The SMILES string of the molecule is Nc1cc(C(=O)Nc2cc(F)c(F)c(F)c2)c(Cl)cn1. The quantitative estimate of drug-likeness (QED) is 0.838. The molecule has 20 heavy (non-hydrogen) atoms. The topological polar surface area (TPSA) is 68.0 Å². The third kappa shape index (κ3) is 2.83. The first kappa shape index (κ1) is 14.1. The molecule has 2 aromatic rings. The fourth-order valence-corrected chi connectivity index (χ4v) is 1.64. The largest absolute Gasteiger partial charge is 0.384 e. The summed E-state index contributed by atoms with van der Waals surface area (Å²) in [5.41, 5.74) is 5.13. The lowest BCUT2D eigenvalue weighted by Gasteiger charge is -2.08. The molecule has 1 aromatic carbocycles. The maximum Gasteiger partial charge on any atom is 0.257 e. The van der Waals surface area contributed by atoms with Gasteiger partial charge < -0.3 is 11.1 Å². The van der Waals surface area contributed by atoms with Crippen molar-refractivity contribution in [2.24, 2.45) is 0 Å². The molecule has 0 spiro atoms. The van der Waals surface area contributed by atoms with Crippen LogP contribution in [-0.4, -0.2) is 10.9 Å². The van der Waals surface area contributed by atoms with E-state index in [1.54, 1.807) is 0 Å². The minimum absolute atomic E-state index is 0.0137. The molecule has 0 saturated heterocycles. The van der Waals surface area contributed by atoms with Crippen molar-refractivity contribution in [3.05, 3.63) is 52.4 Å². The lowest BCUT2D eigenvalue weighted by Crippen LogP contribution is -2.14. The Hall–Kier alpha value is -2.28. The number of nitrogen functional groups attached to an aromatic ring is 1. The second-order valence-corrected chi connectivity index (χ2v) is 4.20. The van der Waals surface area contributed by atoms with Gasteiger partial charge in [0.25, 0.3) is 5.91 Å².